The van der Waals surface area contributed by atoms with Crippen molar-refractivity contribution in [3.63, 3.8) is 0 Å². The number of hydrogen-bond acceptors (Lipinski definition) is 1. The second-order valence-corrected chi connectivity index (χ2v) is 3.70. The van der Waals surface area contributed by atoms with Crippen LogP contribution < -0.4 is 0 Å². The molecule has 0 saturated carbocycles. The maximum absolute atomic E-state index is 5.95. The Balaban J connectivity index is 2.80. The lowest BCUT2D eigenvalue weighted by Crippen LogP contribution is -1.75. The van der Waals surface area contributed by atoms with Gasteiger partial charge in [0.2, 0.25) is 0 Å². The van der Waals surface area contributed by atoms with Gasteiger partial charge in [-0.25, -0.2) is 0 Å². The van der Waals surface area contributed by atoms with Gasteiger partial charge in [-0.2, -0.15) is 4.57 Å². The minimum atomic E-state index is 0.453. The summed E-state index contributed by atoms with van der Waals surface area (Å²) in [4.78, 5) is 0. The Kier molecular flexibility index (Phi) is 2.05. The molecular formula is C9H9Cl2NO. The van der Waals surface area contributed by atoms with Gasteiger partial charge in [-0.1, -0.05) is 30.1 Å². The van der Waals surface area contributed by atoms with Crippen LogP contribution in [0.2, 0.25) is 10.2 Å². The zero-order valence-electron chi connectivity index (χ0n) is 7.40. The van der Waals surface area contributed by atoms with Crippen molar-refractivity contribution in [1.29, 1.82) is 0 Å². The van der Waals surface area contributed by atoms with Crippen LogP contribution in [0.1, 0.15) is 18.2 Å². The number of nitrogens with zero attached hydrogens (tertiary/aromatic N) is 1. The van der Waals surface area contributed by atoms with Crippen LogP contribution in [0.15, 0.2) is 10.6 Å². The number of hydrogen-bond donors (Lipinski definition) is 0. The predicted octanol–water partition coefficient (Wildman–Crippen LogP) is 3.71. The molecule has 0 N–H and O–H groups in total. The van der Waals surface area contributed by atoms with Gasteiger partial charge in [-0.15, -0.1) is 0 Å². The topological polar surface area (TPSA) is 17.6 Å². The molecule has 0 fully saturated rings. The molecule has 0 saturated heterocycles. The first-order chi connectivity index (χ1) is 6.15. The van der Waals surface area contributed by atoms with E-state index in [0.717, 1.165) is 23.3 Å². The molecule has 0 unspecified atom stereocenters. The van der Waals surface area contributed by atoms with E-state index < -0.39 is 0 Å². The summed E-state index contributed by atoms with van der Waals surface area (Å²) in [6, 6.07) is 1.97. The molecule has 0 radical (unpaired) electrons. The highest BCUT2D eigenvalue weighted by molar-refractivity contribution is 6.42. The minimum absolute atomic E-state index is 0.453. The van der Waals surface area contributed by atoms with Gasteiger partial charge in [0.15, 0.2) is 5.15 Å². The van der Waals surface area contributed by atoms with E-state index in [1.54, 1.807) is 4.57 Å². The van der Waals surface area contributed by atoms with Crippen molar-refractivity contribution in [3.05, 3.63) is 27.6 Å². The van der Waals surface area contributed by atoms with Crippen molar-refractivity contribution < 1.29 is 4.52 Å². The molecule has 2 aromatic rings. The Morgan fingerprint density at radius 2 is 2.15 bits per heavy atom. The van der Waals surface area contributed by atoms with Gasteiger partial charge in [0, 0.05) is 12.5 Å². The molecule has 0 aliphatic rings. The van der Waals surface area contributed by atoms with Gasteiger partial charge in [-0.05, 0) is 12.5 Å². The van der Waals surface area contributed by atoms with Crippen molar-refractivity contribution in [3.8, 4) is 0 Å². The minimum Gasteiger partial charge on any atom is -0.378 e. The van der Waals surface area contributed by atoms with Crippen molar-refractivity contribution in [2.45, 2.75) is 20.3 Å². The molecule has 2 aromatic heterocycles. The van der Waals surface area contributed by atoms with Crippen molar-refractivity contribution in [2.24, 2.45) is 0 Å². The van der Waals surface area contributed by atoms with E-state index in [9.17, 15) is 0 Å². The summed E-state index contributed by atoms with van der Waals surface area (Å²) < 4.78 is 7.02. The van der Waals surface area contributed by atoms with Crippen LogP contribution >= 0.6 is 23.2 Å². The molecule has 2 heterocycles. The first kappa shape index (κ1) is 8.97. The fourth-order valence-corrected chi connectivity index (χ4v) is 1.77. The lowest BCUT2D eigenvalue weighted by Gasteiger charge is -1.88. The molecule has 0 bridgehead atoms. The highest BCUT2D eigenvalue weighted by atomic mass is 35.5. The normalized spacial score (nSPS) is 11.4. The second kappa shape index (κ2) is 2.96. The summed E-state index contributed by atoms with van der Waals surface area (Å²) in [6.07, 6.45) is 0.856. The molecule has 0 atom stereocenters. The molecule has 0 aliphatic carbocycles. The van der Waals surface area contributed by atoms with E-state index in [4.69, 9.17) is 27.7 Å². The summed E-state index contributed by atoms with van der Waals surface area (Å²) >= 11 is 11.9. The van der Waals surface area contributed by atoms with Crippen molar-refractivity contribution in [2.75, 3.05) is 0 Å². The Labute approximate surface area is 86.0 Å². The van der Waals surface area contributed by atoms with Crippen LogP contribution in [0.5, 0.6) is 0 Å². The Hall–Kier alpha value is -0.600. The first-order valence-electron chi connectivity index (χ1n) is 4.10. The number of aromatic nitrogens is 1. The fraction of sp³-hybridized carbons (Fsp3) is 0.333. The summed E-state index contributed by atoms with van der Waals surface area (Å²) in [7, 11) is 0. The zero-order chi connectivity index (χ0) is 9.59. The molecule has 2 nitrogen and oxygen atoms in total. The van der Waals surface area contributed by atoms with E-state index in [0.29, 0.717) is 10.2 Å². The maximum atomic E-state index is 5.95. The van der Waals surface area contributed by atoms with Crippen LogP contribution in [0.3, 0.4) is 0 Å². The van der Waals surface area contributed by atoms with Gasteiger partial charge in [-0.3, -0.25) is 0 Å². The average Bonchev–Trinajstić information content (AvgIpc) is 2.64. The van der Waals surface area contributed by atoms with E-state index >= 15 is 0 Å². The van der Waals surface area contributed by atoms with Crippen LogP contribution in [0, 0.1) is 6.92 Å². The third-order valence-corrected chi connectivity index (χ3v) is 3.05. The highest BCUT2D eigenvalue weighted by Gasteiger charge is 2.15. The van der Waals surface area contributed by atoms with Crippen molar-refractivity contribution in [1.82, 2.24) is 4.57 Å². The van der Waals surface area contributed by atoms with E-state index in [-0.39, 0.29) is 0 Å². The number of aryl methyl sites for hydroxylation is 2. The molecule has 0 spiro atoms. The third-order valence-electron chi connectivity index (χ3n) is 2.15. The maximum Gasteiger partial charge on any atom is 0.165 e. The second-order valence-electron chi connectivity index (χ2n) is 2.96. The largest absolute Gasteiger partial charge is 0.378 e. The SMILES string of the molecule is CCc1cc2c(C)c(Cl)c(Cl)n2o1. The zero-order valence-corrected chi connectivity index (χ0v) is 8.91. The smallest absolute Gasteiger partial charge is 0.165 e. The standard InChI is InChI=1S/C9H9Cl2NO/c1-3-6-4-7-5(2)8(10)9(11)12(7)13-6/h4H,3H2,1-2H3. The first-order valence-corrected chi connectivity index (χ1v) is 4.86. The summed E-state index contributed by atoms with van der Waals surface area (Å²) in [5, 5.41) is 1.02. The molecular weight excluding hydrogens is 209 g/mol. The summed E-state index contributed by atoms with van der Waals surface area (Å²) in [5.74, 6) is 0.914. The van der Waals surface area contributed by atoms with Gasteiger partial charge in [0.05, 0.1) is 10.5 Å². The van der Waals surface area contributed by atoms with Gasteiger partial charge >= 0.3 is 0 Å². The number of halogens is 2. The molecule has 0 aromatic carbocycles. The number of fused-ring (bicyclic) bond motifs is 1. The summed E-state index contributed by atoms with van der Waals surface area (Å²) in [5.41, 5.74) is 1.92. The molecule has 13 heavy (non-hydrogen) atoms. The average molecular weight is 218 g/mol. The van der Waals surface area contributed by atoms with Gasteiger partial charge < -0.3 is 4.52 Å². The molecule has 0 amide bonds. The van der Waals surface area contributed by atoms with Gasteiger partial charge in [0.25, 0.3) is 0 Å². The quantitative estimate of drug-likeness (QED) is 0.713. The van der Waals surface area contributed by atoms with E-state index in [2.05, 4.69) is 0 Å². The van der Waals surface area contributed by atoms with E-state index in [1.165, 1.54) is 0 Å². The lowest BCUT2D eigenvalue weighted by atomic mass is 10.3. The fourth-order valence-electron chi connectivity index (χ4n) is 1.33. The number of rotatable bonds is 1. The Bertz CT molecular complexity index is 418. The molecule has 0 aliphatic heterocycles. The third kappa shape index (κ3) is 1.17. The van der Waals surface area contributed by atoms with Crippen LogP contribution in [-0.2, 0) is 6.42 Å². The van der Waals surface area contributed by atoms with Crippen LogP contribution in [0.25, 0.3) is 5.52 Å². The predicted molar refractivity (Wildman–Crippen MR) is 53.8 cm³/mol. The summed E-state index contributed by atoms with van der Waals surface area (Å²) in [6.45, 7) is 3.96. The van der Waals surface area contributed by atoms with E-state index in [1.807, 2.05) is 19.9 Å². The lowest BCUT2D eigenvalue weighted by molar-refractivity contribution is 0.349. The monoisotopic (exact) mass is 217 g/mol. The van der Waals surface area contributed by atoms with Gasteiger partial charge in [0.1, 0.15) is 5.76 Å². The van der Waals surface area contributed by atoms with Crippen LogP contribution in [-0.4, -0.2) is 4.57 Å². The Morgan fingerprint density at radius 1 is 1.46 bits per heavy atom. The van der Waals surface area contributed by atoms with Crippen molar-refractivity contribution >= 4 is 28.7 Å². The Morgan fingerprint density at radius 3 is 2.69 bits per heavy atom. The highest BCUT2D eigenvalue weighted by Crippen LogP contribution is 2.32. The van der Waals surface area contributed by atoms with Crippen LogP contribution in [0.4, 0.5) is 0 Å². The molecule has 4 heteroatoms. The molecule has 70 valence electrons. The molecule has 2 rings (SSSR count).